The number of hydrogen-bond acceptors (Lipinski definition) is 2. The Hall–Kier alpha value is -1.80. The molecule has 2 heteroatoms. The van der Waals surface area contributed by atoms with Crippen LogP contribution in [0.4, 0.5) is 0 Å². The number of hydrogen-bond donors (Lipinski definition) is 0. The van der Waals surface area contributed by atoms with E-state index in [1.165, 1.54) is 20.7 Å². The van der Waals surface area contributed by atoms with E-state index in [-0.39, 0.29) is 0 Å². The molecule has 3 rings (SSSR count). The van der Waals surface area contributed by atoms with Crippen molar-refractivity contribution in [1.29, 1.82) is 0 Å². The van der Waals surface area contributed by atoms with Crippen LogP contribution in [-0.2, 0) is 0 Å². The van der Waals surface area contributed by atoms with Crippen molar-refractivity contribution in [2.45, 2.75) is 16.7 Å². The van der Waals surface area contributed by atoms with Crippen molar-refractivity contribution >= 4 is 22.7 Å². The van der Waals surface area contributed by atoms with E-state index in [9.17, 15) is 0 Å². The summed E-state index contributed by atoms with van der Waals surface area (Å²) in [5.41, 5.74) is 2.33. The zero-order chi connectivity index (χ0) is 12.4. The van der Waals surface area contributed by atoms with Crippen LogP contribution < -0.4 is 0 Å². The first-order valence-corrected chi connectivity index (χ1v) is 6.72. The molecule has 0 aliphatic rings. The number of fused-ring (bicyclic) bond motifs is 1. The maximum Gasteiger partial charge on any atom is 0.0702 e. The molecule has 0 aliphatic heterocycles. The van der Waals surface area contributed by atoms with E-state index in [1.807, 2.05) is 24.4 Å². The molecule has 0 atom stereocenters. The average Bonchev–Trinajstić information content (AvgIpc) is 2.39. The number of pyridine rings is 1. The fourth-order valence-corrected chi connectivity index (χ4v) is 2.88. The number of aromatic nitrogens is 1. The van der Waals surface area contributed by atoms with E-state index in [0.29, 0.717) is 0 Å². The summed E-state index contributed by atoms with van der Waals surface area (Å²) in [7, 11) is 0. The second kappa shape index (κ2) is 4.83. The highest BCUT2D eigenvalue weighted by Gasteiger charge is 2.00. The predicted octanol–water partition coefficient (Wildman–Crippen LogP) is 4.69. The van der Waals surface area contributed by atoms with E-state index in [0.717, 1.165) is 5.52 Å². The highest BCUT2D eigenvalue weighted by atomic mass is 32.2. The summed E-state index contributed by atoms with van der Waals surface area (Å²) in [4.78, 5) is 6.92. The Labute approximate surface area is 111 Å². The third kappa shape index (κ3) is 2.39. The number of para-hydroxylation sites is 1. The Bertz CT molecular complexity index is 691. The molecule has 0 saturated heterocycles. The molecule has 18 heavy (non-hydrogen) atoms. The van der Waals surface area contributed by atoms with Crippen molar-refractivity contribution in [3.63, 3.8) is 0 Å². The smallest absolute Gasteiger partial charge is 0.0702 e. The Morgan fingerprint density at radius 3 is 2.67 bits per heavy atom. The van der Waals surface area contributed by atoms with Crippen molar-refractivity contribution in [2.75, 3.05) is 0 Å². The van der Waals surface area contributed by atoms with Crippen molar-refractivity contribution in [1.82, 2.24) is 4.98 Å². The second-order valence-electron chi connectivity index (χ2n) is 4.28. The van der Waals surface area contributed by atoms with Crippen LogP contribution in [-0.4, -0.2) is 4.98 Å². The van der Waals surface area contributed by atoms with Gasteiger partial charge in [-0.2, -0.15) is 0 Å². The van der Waals surface area contributed by atoms with Gasteiger partial charge in [0, 0.05) is 21.4 Å². The van der Waals surface area contributed by atoms with Crippen molar-refractivity contribution in [3.8, 4) is 0 Å². The van der Waals surface area contributed by atoms with Crippen LogP contribution in [0.3, 0.4) is 0 Å². The van der Waals surface area contributed by atoms with Crippen molar-refractivity contribution < 1.29 is 0 Å². The molecule has 0 aliphatic carbocycles. The van der Waals surface area contributed by atoms with Crippen LogP contribution in [0.25, 0.3) is 10.9 Å². The van der Waals surface area contributed by atoms with Gasteiger partial charge in [0.2, 0.25) is 0 Å². The standard InChI is InChI=1S/C16H13NS/c1-12-5-4-7-14(9-12)18-15-10-13-6-2-3-8-16(13)17-11-15/h2-11H,1H3. The number of rotatable bonds is 2. The van der Waals surface area contributed by atoms with Crippen molar-refractivity contribution in [2.24, 2.45) is 0 Å². The van der Waals surface area contributed by atoms with Crippen molar-refractivity contribution in [3.05, 3.63) is 66.4 Å². The van der Waals surface area contributed by atoms with Gasteiger partial charge in [-0.1, -0.05) is 47.7 Å². The summed E-state index contributed by atoms with van der Waals surface area (Å²) in [6.07, 6.45) is 1.94. The van der Waals surface area contributed by atoms with Gasteiger partial charge in [0.1, 0.15) is 0 Å². The molecule has 3 aromatic rings. The molecule has 0 saturated carbocycles. The molecule has 1 aromatic heterocycles. The molecule has 0 fully saturated rings. The molecule has 0 unspecified atom stereocenters. The zero-order valence-electron chi connectivity index (χ0n) is 10.1. The number of aryl methyl sites for hydroxylation is 1. The minimum atomic E-state index is 1.05. The average molecular weight is 251 g/mol. The minimum Gasteiger partial charge on any atom is -0.255 e. The highest BCUT2D eigenvalue weighted by molar-refractivity contribution is 7.99. The minimum absolute atomic E-state index is 1.05. The van der Waals surface area contributed by atoms with E-state index in [4.69, 9.17) is 0 Å². The lowest BCUT2D eigenvalue weighted by Crippen LogP contribution is -1.80. The molecule has 0 bridgehead atoms. The normalized spacial score (nSPS) is 10.7. The lowest BCUT2D eigenvalue weighted by Gasteiger charge is -2.04. The number of nitrogens with zero attached hydrogens (tertiary/aromatic N) is 1. The van der Waals surface area contributed by atoms with Gasteiger partial charge in [-0.25, -0.2) is 0 Å². The van der Waals surface area contributed by atoms with E-state index < -0.39 is 0 Å². The maximum atomic E-state index is 4.48. The molecule has 2 aromatic carbocycles. The highest BCUT2D eigenvalue weighted by Crippen LogP contribution is 2.29. The first-order valence-electron chi connectivity index (χ1n) is 5.90. The first kappa shape index (κ1) is 11.3. The first-order chi connectivity index (χ1) is 8.81. The summed E-state index contributed by atoms with van der Waals surface area (Å²) in [5, 5.41) is 1.19. The molecule has 0 radical (unpaired) electrons. The van der Waals surface area contributed by atoms with Crippen LogP contribution in [0.15, 0.2) is 70.6 Å². The van der Waals surface area contributed by atoms with Crippen LogP contribution in [0.2, 0.25) is 0 Å². The van der Waals surface area contributed by atoms with Gasteiger partial charge in [-0.3, -0.25) is 4.98 Å². The van der Waals surface area contributed by atoms with Crippen LogP contribution in [0.5, 0.6) is 0 Å². The number of benzene rings is 2. The molecule has 0 N–H and O–H groups in total. The summed E-state index contributed by atoms with van der Waals surface area (Å²) >= 11 is 1.75. The second-order valence-corrected chi connectivity index (χ2v) is 5.43. The van der Waals surface area contributed by atoms with Gasteiger partial charge in [0.15, 0.2) is 0 Å². The summed E-state index contributed by atoms with van der Waals surface area (Å²) in [6.45, 7) is 2.11. The Balaban J connectivity index is 1.95. The fraction of sp³-hybridized carbons (Fsp3) is 0.0625. The summed E-state index contributed by atoms with van der Waals surface area (Å²) in [5.74, 6) is 0. The Morgan fingerprint density at radius 1 is 0.889 bits per heavy atom. The largest absolute Gasteiger partial charge is 0.255 e. The topological polar surface area (TPSA) is 12.9 Å². The molecular weight excluding hydrogens is 238 g/mol. The molecule has 0 spiro atoms. The quantitative estimate of drug-likeness (QED) is 0.655. The SMILES string of the molecule is Cc1cccc(Sc2cnc3ccccc3c2)c1. The molecule has 88 valence electrons. The molecule has 0 amide bonds. The maximum absolute atomic E-state index is 4.48. The van der Waals surface area contributed by atoms with Gasteiger partial charge < -0.3 is 0 Å². The summed E-state index contributed by atoms with van der Waals surface area (Å²) < 4.78 is 0. The molecule has 1 nitrogen and oxygen atoms in total. The van der Waals surface area contributed by atoms with Gasteiger partial charge >= 0.3 is 0 Å². The Kier molecular flexibility index (Phi) is 3.03. The van der Waals surface area contributed by atoms with Crippen LogP contribution in [0.1, 0.15) is 5.56 Å². The lowest BCUT2D eigenvalue weighted by molar-refractivity contribution is 1.29. The fourth-order valence-electron chi connectivity index (χ4n) is 1.92. The predicted molar refractivity (Wildman–Crippen MR) is 77.0 cm³/mol. The van der Waals surface area contributed by atoms with Gasteiger partial charge in [-0.05, 0) is 31.2 Å². The molecular formula is C16H13NS. The van der Waals surface area contributed by atoms with Gasteiger partial charge in [0.25, 0.3) is 0 Å². The lowest BCUT2D eigenvalue weighted by atomic mass is 10.2. The third-order valence-corrected chi connectivity index (χ3v) is 3.74. The van der Waals surface area contributed by atoms with E-state index >= 15 is 0 Å². The van der Waals surface area contributed by atoms with Crippen LogP contribution in [0, 0.1) is 6.92 Å². The Morgan fingerprint density at radius 2 is 1.78 bits per heavy atom. The molecule has 1 heterocycles. The zero-order valence-corrected chi connectivity index (χ0v) is 10.9. The third-order valence-electron chi connectivity index (χ3n) is 2.79. The van der Waals surface area contributed by atoms with Gasteiger partial charge in [-0.15, -0.1) is 0 Å². The van der Waals surface area contributed by atoms with E-state index in [2.05, 4.69) is 48.3 Å². The van der Waals surface area contributed by atoms with Gasteiger partial charge in [0.05, 0.1) is 5.52 Å². The van der Waals surface area contributed by atoms with E-state index in [1.54, 1.807) is 11.8 Å². The summed E-state index contributed by atoms with van der Waals surface area (Å²) in [6, 6.07) is 18.9. The van der Waals surface area contributed by atoms with Crippen LogP contribution >= 0.6 is 11.8 Å². The monoisotopic (exact) mass is 251 g/mol.